The van der Waals surface area contributed by atoms with Crippen LogP contribution >= 0.6 is 0 Å². The fraction of sp³-hybridized carbons (Fsp3) is 0.962. The third-order valence-corrected chi connectivity index (χ3v) is 6.93. The molecule has 0 amide bonds. The summed E-state index contributed by atoms with van der Waals surface area (Å²) in [6.07, 6.45) is 22.6. The molecule has 1 aliphatic heterocycles. The van der Waals surface area contributed by atoms with E-state index >= 15 is 0 Å². The molecule has 1 heterocycles. The maximum absolute atomic E-state index is 9.56. The molecule has 0 fully saturated rings. The van der Waals surface area contributed by atoms with Crippen molar-refractivity contribution in [2.24, 2.45) is 0 Å². The van der Waals surface area contributed by atoms with Crippen molar-refractivity contribution in [3.8, 4) is 0 Å². The molecule has 2 N–H and O–H groups in total. The number of aliphatic hydroxyl groups excluding tert-OH is 1. The van der Waals surface area contributed by atoms with Crippen LogP contribution in [0.5, 0.6) is 0 Å². The lowest BCUT2D eigenvalue weighted by molar-refractivity contribution is -0.521. The molecule has 0 aromatic heterocycles. The van der Waals surface area contributed by atoms with E-state index in [0.717, 1.165) is 26.2 Å². The summed E-state index contributed by atoms with van der Waals surface area (Å²) in [5.41, 5.74) is 0. The molecule has 0 aliphatic carbocycles. The number of unbranched alkanes of at least 4 members (excludes halogenated alkanes) is 14. The maximum atomic E-state index is 9.56. The average molecular weight is 508 g/mol. The second-order valence-corrected chi connectivity index (χ2v) is 10.3. The Hall–Kier alpha value is -0.700. The molecule has 0 saturated heterocycles. The van der Waals surface area contributed by atoms with E-state index in [9.17, 15) is 13.5 Å². The lowest BCUT2D eigenvalue weighted by Crippen LogP contribution is -2.30. The molecule has 0 aromatic rings. The predicted molar refractivity (Wildman–Crippen MR) is 142 cm³/mol. The van der Waals surface area contributed by atoms with Crippen molar-refractivity contribution < 1.29 is 26.8 Å². The van der Waals surface area contributed by atoms with Crippen molar-refractivity contribution in [1.29, 1.82) is 0 Å². The molecule has 0 unspecified atom stereocenters. The zero-order valence-electron chi connectivity index (χ0n) is 22.5. The quantitative estimate of drug-likeness (QED) is 0.116. The molecule has 0 bridgehead atoms. The Morgan fingerprint density at radius 2 is 1.29 bits per heavy atom. The second kappa shape index (κ2) is 22.7. The Kier molecular flexibility index (Phi) is 22.3. The third-order valence-electron chi connectivity index (χ3n) is 6.39. The normalized spacial score (nSPS) is 14.0. The molecule has 0 spiro atoms. The summed E-state index contributed by atoms with van der Waals surface area (Å²) < 4.78 is 33.0. The van der Waals surface area contributed by atoms with E-state index in [1.54, 1.807) is 0 Å². The molecule has 34 heavy (non-hydrogen) atoms. The van der Waals surface area contributed by atoms with Gasteiger partial charge in [0, 0.05) is 6.42 Å². The largest absolute Gasteiger partial charge is 0.397 e. The van der Waals surface area contributed by atoms with Crippen molar-refractivity contribution >= 4 is 16.2 Å². The van der Waals surface area contributed by atoms with Crippen LogP contribution in [0.2, 0.25) is 0 Å². The maximum Gasteiger partial charge on any atom is 0.397 e. The molecular formula is C26H55N2O5S+. The van der Waals surface area contributed by atoms with Gasteiger partial charge in [0.25, 0.3) is 0 Å². The SMILES string of the molecule is CCCCCCCCCCCCCCCCCC1=[N+](CCO)CCN1CC.CCOS(=O)(=O)O. The number of amidine groups is 1. The third kappa shape index (κ3) is 19.6. The Labute approximate surface area is 210 Å². The first kappa shape index (κ1) is 33.3. The number of hydrogen-bond acceptors (Lipinski definition) is 5. The van der Waals surface area contributed by atoms with Gasteiger partial charge in [-0.25, -0.2) is 4.18 Å². The highest BCUT2D eigenvalue weighted by Crippen LogP contribution is 2.15. The summed E-state index contributed by atoms with van der Waals surface area (Å²) >= 11 is 0. The van der Waals surface area contributed by atoms with Gasteiger partial charge in [0.15, 0.2) is 0 Å². The summed E-state index contributed by atoms with van der Waals surface area (Å²) in [5.74, 6) is 1.49. The average Bonchev–Trinajstić information content (AvgIpc) is 3.18. The highest BCUT2D eigenvalue weighted by molar-refractivity contribution is 7.80. The minimum Gasteiger partial charge on any atom is -0.392 e. The Balaban J connectivity index is 0.00000135. The Bertz CT molecular complexity index is 596. The van der Waals surface area contributed by atoms with E-state index < -0.39 is 10.4 Å². The standard InChI is InChI=1S/C24H49N2O.C2H6O4S/c1-3-5-6-7-8-9-10-11-12-13-14-15-16-17-18-19-24-25(4-2)20-21-26(24)22-23-27;1-2-6-7(3,4)5/h27H,3-23H2,1-2H3;2H2,1H3,(H,3,4,5)/q+1;. The molecular weight excluding hydrogens is 452 g/mol. The van der Waals surface area contributed by atoms with Gasteiger partial charge in [0.05, 0.1) is 19.8 Å². The van der Waals surface area contributed by atoms with Crippen LogP contribution in [0.15, 0.2) is 0 Å². The van der Waals surface area contributed by atoms with Crippen molar-refractivity contribution in [2.75, 3.05) is 39.4 Å². The highest BCUT2D eigenvalue weighted by Gasteiger charge is 2.27. The summed E-state index contributed by atoms with van der Waals surface area (Å²) in [6.45, 7) is 10.4. The number of β-amino-alcohol motifs (C(OH)–C–C–N with tert-alkyl or cyclic N) is 1. The lowest BCUT2D eigenvalue weighted by Gasteiger charge is -2.11. The van der Waals surface area contributed by atoms with Crippen LogP contribution in [0.4, 0.5) is 0 Å². The van der Waals surface area contributed by atoms with Gasteiger partial charge in [-0.3, -0.25) is 14.0 Å². The highest BCUT2D eigenvalue weighted by atomic mass is 32.3. The number of hydrogen-bond donors (Lipinski definition) is 2. The first-order chi connectivity index (χ1) is 16.4. The van der Waals surface area contributed by atoms with Crippen LogP contribution in [-0.2, 0) is 14.6 Å². The summed E-state index contributed by atoms with van der Waals surface area (Å²) in [5, 5.41) is 9.23. The Morgan fingerprint density at radius 1 is 0.824 bits per heavy atom. The molecule has 1 rings (SSSR count). The van der Waals surface area contributed by atoms with Crippen LogP contribution in [-0.4, -0.2) is 72.8 Å². The van der Waals surface area contributed by atoms with Crippen molar-refractivity contribution in [2.45, 2.75) is 124 Å². The van der Waals surface area contributed by atoms with Crippen molar-refractivity contribution in [3.63, 3.8) is 0 Å². The van der Waals surface area contributed by atoms with E-state index in [0.29, 0.717) is 0 Å². The number of aliphatic hydroxyl groups is 1. The van der Waals surface area contributed by atoms with Crippen LogP contribution < -0.4 is 0 Å². The topological polar surface area (TPSA) is 90.1 Å². The van der Waals surface area contributed by atoms with Crippen LogP contribution in [0, 0.1) is 0 Å². The monoisotopic (exact) mass is 507 g/mol. The van der Waals surface area contributed by atoms with E-state index in [2.05, 4.69) is 27.5 Å². The van der Waals surface area contributed by atoms with E-state index in [4.69, 9.17) is 4.55 Å². The number of likely N-dealkylation sites (N-methyl/N-ethyl adjacent to an activating group) is 1. The van der Waals surface area contributed by atoms with Crippen LogP contribution in [0.1, 0.15) is 124 Å². The molecule has 204 valence electrons. The summed E-state index contributed by atoms with van der Waals surface area (Å²) in [6, 6.07) is 0. The molecule has 7 nitrogen and oxygen atoms in total. The van der Waals surface area contributed by atoms with E-state index in [1.165, 1.54) is 115 Å². The van der Waals surface area contributed by atoms with Gasteiger partial charge in [-0.15, -0.1) is 0 Å². The number of rotatable bonds is 21. The Morgan fingerprint density at radius 3 is 1.65 bits per heavy atom. The molecule has 1 aliphatic rings. The van der Waals surface area contributed by atoms with Gasteiger partial charge in [-0.2, -0.15) is 8.42 Å². The molecule has 8 heteroatoms. The fourth-order valence-corrected chi connectivity index (χ4v) is 4.82. The second-order valence-electron chi connectivity index (χ2n) is 9.24. The minimum atomic E-state index is -4.17. The lowest BCUT2D eigenvalue weighted by atomic mass is 10.0. The van der Waals surface area contributed by atoms with Gasteiger partial charge in [-0.1, -0.05) is 96.8 Å². The first-order valence-corrected chi connectivity index (χ1v) is 15.3. The van der Waals surface area contributed by atoms with Crippen molar-refractivity contribution in [1.82, 2.24) is 4.90 Å². The van der Waals surface area contributed by atoms with Crippen molar-refractivity contribution in [3.05, 3.63) is 0 Å². The molecule has 0 atom stereocenters. The van der Waals surface area contributed by atoms with Gasteiger partial charge in [0.1, 0.15) is 19.6 Å². The van der Waals surface area contributed by atoms with Gasteiger partial charge < -0.3 is 5.11 Å². The first-order valence-electron chi connectivity index (χ1n) is 14.0. The van der Waals surface area contributed by atoms with Gasteiger partial charge in [-0.05, 0) is 20.3 Å². The van der Waals surface area contributed by atoms with Gasteiger partial charge >= 0.3 is 10.4 Å². The smallest absolute Gasteiger partial charge is 0.392 e. The molecule has 0 aromatic carbocycles. The minimum absolute atomic E-state index is 0.0289. The zero-order valence-corrected chi connectivity index (χ0v) is 23.3. The summed E-state index contributed by atoms with van der Waals surface area (Å²) in [4.78, 5) is 2.50. The van der Waals surface area contributed by atoms with Crippen LogP contribution in [0.3, 0.4) is 0 Å². The van der Waals surface area contributed by atoms with Gasteiger partial charge in [0.2, 0.25) is 5.84 Å². The molecule has 0 saturated carbocycles. The van der Waals surface area contributed by atoms with E-state index in [1.807, 2.05) is 0 Å². The molecule has 0 radical (unpaired) electrons. The zero-order chi connectivity index (χ0) is 25.5. The fourth-order valence-electron chi connectivity index (χ4n) is 4.52. The van der Waals surface area contributed by atoms with Crippen LogP contribution in [0.25, 0.3) is 0 Å². The number of nitrogens with zero attached hydrogens (tertiary/aromatic N) is 2. The predicted octanol–water partition coefficient (Wildman–Crippen LogP) is 5.81. The van der Waals surface area contributed by atoms with E-state index in [-0.39, 0.29) is 13.2 Å². The summed E-state index contributed by atoms with van der Waals surface area (Å²) in [7, 11) is -4.17.